The second-order valence-electron chi connectivity index (χ2n) is 2.98. The van der Waals surface area contributed by atoms with Gasteiger partial charge in [-0.05, 0) is 25.2 Å². The van der Waals surface area contributed by atoms with E-state index in [-0.39, 0.29) is 5.60 Å². The molecule has 2 unspecified atom stereocenters. The molecule has 0 saturated carbocycles. The van der Waals surface area contributed by atoms with Gasteiger partial charge >= 0.3 is 0 Å². The first-order chi connectivity index (χ1) is 4.21. The maximum atomic E-state index is 5.52. The molecule has 0 aromatic heterocycles. The summed E-state index contributed by atoms with van der Waals surface area (Å²) in [4.78, 5) is 0. The Hall–Kier alpha value is -0.720. The van der Waals surface area contributed by atoms with E-state index in [1.165, 1.54) is 0 Å². The van der Waals surface area contributed by atoms with Crippen molar-refractivity contribution < 1.29 is 4.74 Å². The molecule has 2 rings (SSSR count). The number of fused-ring (bicyclic) bond motifs is 2. The summed E-state index contributed by atoms with van der Waals surface area (Å²) in [7, 11) is 0. The summed E-state index contributed by atoms with van der Waals surface area (Å²) in [5.41, 5.74) is -0.00463. The highest BCUT2D eigenvalue weighted by molar-refractivity contribution is 5.33. The van der Waals surface area contributed by atoms with Crippen LogP contribution in [0.1, 0.15) is 13.8 Å². The van der Waals surface area contributed by atoms with Crippen molar-refractivity contribution in [3.05, 3.63) is 24.0 Å². The van der Waals surface area contributed by atoms with Crippen LogP contribution in [0.3, 0.4) is 0 Å². The van der Waals surface area contributed by atoms with Crippen LogP contribution < -0.4 is 0 Å². The average molecular weight is 122 g/mol. The summed E-state index contributed by atoms with van der Waals surface area (Å²) in [5, 5.41) is 0. The molecule has 0 amide bonds. The van der Waals surface area contributed by atoms with Crippen LogP contribution in [0.4, 0.5) is 0 Å². The molecular weight excluding hydrogens is 112 g/mol. The lowest BCUT2D eigenvalue weighted by molar-refractivity contribution is 0.0812. The van der Waals surface area contributed by atoms with Crippen LogP contribution in [0.5, 0.6) is 0 Å². The van der Waals surface area contributed by atoms with Gasteiger partial charge < -0.3 is 4.74 Å². The zero-order valence-electron chi connectivity index (χ0n) is 5.72. The molecular formula is C8H10O. The summed E-state index contributed by atoms with van der Waals surface area (Å²) in [6, 6.07) is 0. The summed E-state index contributed by atoms with van der Waals surface area (Å²) in [6.07, 6.45) is 6.34. The minimum Gasteiger partial charge on any atom is -0.483 e. The molecule has 0 aromatic rings. The summed E-state index contributed by atoms with van der Waals surface area (Å²) < 4.78 is 5.52. The molecule has 1 nitrogen and oxygen atoms in total. The van der Waals surface area contributed by atoms with E-state index in [2.05, 4.69) is 26.0 Å². The molecule has 2 aliphatic rings. The molecule has 0 spiro atoms. The Balaban J connectivity index is 2.44. The Morgan fingerprint density at radius 2 is 2.44 bits per heavy atom. The van der Waals surface area contributed by atoms with Gasteiger partial charge in [0.2, 0.25) is 0 Å². The Labute approximate surface area is 55.0 Å². The largest absolute Gasteiger partial charge is 0.483 e. The van der Waals surface area contributed by atoms with Crippen molar-refractivity contribution >= 4 is 0 Å². The van der Waals surface area contributed by atoms with E-state index < -0.39 is 0 Å². The molecule has 2 bridgehead atoms. The molecule has 0 aliphatic carbocycles. The molecule has 1 heteroatoms. The Kier molecular flexibility index (Phi) is 0.696. The van der Waals surface area contributed by atoms with Crippen molar-refractivity contribution in [2.45, 2.75) is 19.4 Å². The third kappa shape index (κ3) is 0.493. The molecule has 2 heterocycles. The van der Waals surface area contributed by atoms with Crippen molar-refractivity contribution in [3.63, 3.8) is 0 Å². The molecule has 0 saturated heterocycles. The fourth-order valence-electron chi connectivity index (χ4n) is 1.32. The number of hydrogen-bond donors (Lipinski definition) is 0. The SMILES string of the molecule is CC1C=C2C=CC1(C)O2. The van der Waals surface area contributed by atoms with Gasteiger partial charge in [0.15, 0.2) is 0 Å². The second kappa shape index (κ2) is 1.23. The molecule has 0 aromatic carbocycles. The number of ether oxygens (including phenoxy) is 1. The minimum atomic E-state index is -0.00463. The van der Waals surface area contributed by atoms with Crippen LogP contribution in [0.2, 0.25) is 0 Å². The number of hydrogen-bond acceptors (Lipinski definition) is 1. The quantitative estimate of drug-likeness (QED) is 0.476. The Bertz CT molecular complexity index is 203. The Morgan fingerprint density at radius 3 is 2.67 bits per heavy atom. The maximum Gasteiger partial charge on any atom is 0.131 e. The monoisotopic (exact) mass is 122 g/mol. The van der Waals surface area contributed by atoms with Gasteiger partial charge in [-0.3, -0.25) is 0 Å². The lowest BCUT2D eigenvalue weighted by atomic mass is 9.90. The first-order valence-electron chi connectivity index (χ1n) is 3.31. The van der Waals surface area contributed by atoms with Crippen molar-refractivity contribution in [1.82, 2.24) is 0 Å². The van der Waals surface area contributed by atoms with Gasteiger partial charge in [-0.1, -0.05) is 6.92 Å². The van der Waals surface area contributed by atoms with E-state index in [1.807, 2.05) is 6.08 Å². The summed E-state index contributed by atoms with van der Waals surface area (Å²) in [6.45, 7) is 4.29. The smallest absolute Gasteiger partial charge is 0.131 e. The lowest BCUT2D eigenvalue weighted by Crippen LogP contribution is -2.25. The summed E-state index contributed by atoms with van der Waals surface area (Å²) in [5.74, 6) is 1.60. The van der Waals surface area contributed by atoms with Crippen LogP contribution in [-0.2, 0) is 4.74 Å². The topological polar surface area (TPSA) is 9.23 Å². The van der Waals surface area contributed by atoms with E-state index in [1.54, 1.807) is 0 Å². The standard InChI is InChI=1S/C8H10O/c1-6-5-7-3-4-8(6,2)9-7/h3-6H,1-2H3. The van der Waals surface area contributed by atoms with E-state index >= 15 is 0 Å². The van der Waals surface area contributed by atoms with Gasteiger partial charge in [0.25, 0.3) is 0 Å². The zero-order valence-corrected chi connectivity index (χ0v) is 5.72. The van der Waals surface area contributed by atoms with Crippen LogP contribution >= 0.6 is 0 Å². The van der Waals surface area contributed by atoms with Crippen LogP contribution in [-0.4, -0.2) is 5.60 Å². The summed E-state index contributed by atoms with van der Waals surface area (Å²) >= 11 is 0. The van der Waals surface area contributed by atoms with Crippen LogP contribution in [0.25, 0.3) is 0 Å². The highest BCUT2D eigenvalue weighted by Crippen LogP contribution is 2.39. The molecule has 0 radical (unpaired) electrons. The first-order valence-corrected chi connectivity index (χ1v) is 3.31. The van der Waals surface area contributed by atoms with E-state index in [0.717, 1.165) is 5.76 Å². The van der Waals surface area contributed by atoms with E-state index in [0.29, 0.717) is 5.92 Å². The highest BCUT2D eigenvalue weighted by atomic mass is 16.5. The van der Waals surface area contributed by atoms with Crippen LogP contribution in [0.15, 0.2) is 24.0 Å². The lowest BCUT2D eigenvalue weighted by Gasteiger charge is -2.21. The zero-order chi connectivity index (χ0) is 6.48. The first kappa shape index (κ1) is 5.10. The predicted octanol–water partition coefficient (Wildman–Crippen LogP) is 1.87. The van der Waals surface area contributed by atoms with Gasteiger partial charge in [-0.25, -0.2) is 0 Å². The molecule has 0 N–H and O–H groups in total. The molecule has 48 valence electrons. The Morgan fingerprint density at radius 1 is 1.67 bits per heavy atom. The van der Waals surface area contributed by atoms with Crippen LogP contribution in [0, 0.1) is 5.92 Å². The maximum absolute atomic E-state index is 5.52. The van der Waals surface area contributed by atoms with E-state index in [9.17, 15) is 0 Å². The van der Waals surface area contributed by atoms with Crippen molar-refractivity contribution in [2.24, 2.45) is 5.92 Å². The molecule has 9 heavy (non-hydrogen) atoms. The average Bonchev–Trinajstić information content (AvgIpc) is 2.22. The molecule has 0 fully saturated rings. The van der Waals surface area contributed by atoms with Crippen molar-refractivity contribution in [1.29, 1.82) is 0 Å². The fourth-order valence-corrected chi connectivity index (χ4v) is 1.32. The van der Waals surface area contributed by atoms with Gasteiger partial charge in [-0.15, -0.1) is 0 Å². The predicted molar refractivity (Wildman–Crippen MR) is 35.9 cm³/mol. The third-order valence-electron chi connectivity index (χ3n) is 2.23. The highest BCUT2D eigenvalue weighted by Gasteiger charge is 2.38. The normalized spacial score (nSPS) is 45.1. The fraction of sp³-hybridized carbons (Fsp3) is 0.500. The van der Waals surface area contributed by atoms with Crippen molar-refractivity contribution in [3.8, 4) is 0 Å². The van der Waals surface area contributed by atoms with Gasteiger partial charge in [0.1, 0.15) is 11.4 Å². The second-order valence-corrected chi connectivity index (χ2v) is 2.98. The molecule has 2 atom stereocenters. The van der Waals surface area contributed by atoms with Gasteiger partial charge in [0, 0.05) is 5.92 Å². The van der Waals surface area contributed by atoms with E-state index in [4.69, 9.17) is 4.74 Å². The minimum absolute atomic E-state index is 0.00463. The number of allylic oxidation sites excluding steroid dienone is 1. The van der Waals surface area contributed by atoms with Gasteiger partial charge in [0.05, 0.1) is 0 Å². The third-order valence-corrected chi connectivity index (χ3v) is 2.23. The van der Waals surface area contributed by atoms with Crippen molar-refractivity contribution in [2.75, 3.05) is 0 Å². The molecule has 2 aliphatic heterocycles. The number of rotatable bonds is 0. The van der Waals surface area contributed by atoms with Gasteiger partial charge in [-0.2, -0.15) is 0 Å².